The van der Waals surface area contributed by atoms with Gasteiger partial charge in [0.2, 0.25) is 0 Å². The highest BCUT2D eigenvalue weighted by Crippen LogP contribution is 2.33. The Hall–Kier alpha value is -0.820. The summed E-state index contributed by atoms with van der Waals surface area (Å²) in [7, 11) is 0. The molecule has 114 valence electrons. The summed E-state index contributed by atoms with van der Waals surface area (Å²) in [6.07, 6.45) is 6.44. The van der Waals surface area contributed by atoms with Crippen LogP contribution in [0.25, 0.3) is 0 Å². The molecule has 0 saturated heterocycles. The summed E-state index contributed by atoms with van der Waals surface area (Å²) in [6, 6.07) is 11.1. The van der Waals surface area contributed by atoms with E-state index >= 15 is 0 Å². The Bertz CT molecular complexity index is 363. The first kappa shape index (κ1) is 17.2. The molecule has 0 amide bonds. The molecule has 0 aliphatic rings. The van der Waals surface area contributed by atoms with Crippen molar-refractivity contribution in [1.82, 2.24) is 5.32 Å². The molecular formula is C19H33N. The molecule has 1 nitrogen and oxygen atoms in total. The normalized spacial score (nSPS) is 15.1. The second-order valence-electron chi connectivity index (χ2n) is 7.06. The van der Waals surface area contributed by atoms with Crippen LogP contribution in [0.5, 0.6) is 0 Å². The van der Waals surface area contributed by atoms with Crippen molar-refractivity contribution >= 4 is 0 Å². The molecule has 0 aliphatic carbocycles. The summed E-state index contributed by atoms with van der Waals surface area (Å²) in [4.78, 5) is 0. The van der Waals surface area contributed by atoms with Gasteiger partial charge in [0.1, 0.15) is 0 Å². The van der Waals surface area contributed by atoms with Crippen LogP contribution in [0, 0.1) is 0 Å². The van der Waals surface area contributed by atoms with Gasteiger partial charge in [-0.2, -0.15) is 0 Å². The number of rotatable bonds is 8. The van der Waals surface area contributed by atoms with Gasteiger partial charge in [-0.15, -0.1) is 0 Å². The van der Waals surface area contributed by atoms with Crippen molar-refractivity contribution in [2.24, 2.45) is 0 Å². The zero-order valence-electron chi connectivity index (χ0n) is 14.1. The van der Waals surface area contributed by atoms with Crippen LogP contribution < -0.4 is 5.32 Å². The molecular weight excluding hydrogens is 242 g/mol. The van der Waals surface area contributed by atoms with E-state index in [1.165, 1.54) is 37.7 Å². The fraction of sp³-hybridized carbons (Fsp3) is 0.684. The van der Waals surface area contributed by atoms with Crippen LogP contribution in [0.4, 0.5) is 0 Å². The van der Waals surface area contributed by atoms with Gasteiger partial charge in [-0.25, -0.2) is 0 Å². The maximum absolute atomic E-state index is 3.74. The Morgan fingerprint density at radius 3 is 2.10 bits per heavy atom. The average Bonchev–Trinajstić information content (AvgIpc) is 2.43. The lowest BCUT2D eigenvalue weighted by Gasteiger charge is -2.37. The Balaban J connectivity index is 2.90. The first-order valence-electron chi connectivity index (χ1n) is 8.24. The first-order valence-corrected chi connectivity index (χ1v) is 8.24. The van der Waals surface area contributed by atoms with Gasteiger partial charge in [0, 0.05) is 17.5 Å². The smallest absolute Gasteiger partial charge is 0.00968 e. The van der Waals surface area contributed by atoms with Crippen molar-refractivity contribution in [3.63, 3.8) is 0 Å². The SMILES string of the molecule is CCCCCC(CC)(CNC(C)(C)C)c1ccccc1. The third kappa shape index (κ3) is 5.28. The van der Waals surface area contributed by atoms with Crippen molar-refractivity contribution in [2.75, 3.05) is 6.54 Å². The highest BCUT2D eigenvalue weighted by Gasteiger charge is 2.30. The Labute approximate surface area is 126 Å². The number of benzene rings is 1. The minimum Gasteiger partial charge on any atom is -0.311 e. The van der Waals surface area contributed by atoms with Crippen LogP contribution in [-0.2, 0) is 5.41 Å². The van der Waals surface area contributed by atoms with Gasteiger partial charge in [-0.1, -0.05) is 63.4 Å². The van der Waals surface area contributed by atoms with Crippen molar-refractivity contribution < 1.29 is 0 Å². The molecule has 1 N–H and O–H groups in total. The van der Waals surface area contributed by atoms with E-state index in [1.807, 2.05) is 0 Å². The monoisotopic (exact) mass is 275 g/mol. The first-order chi connectivity index (χ1) is 9.43. The third-order valence-electron chi connectivity index (χ3n) is 4.28. The number of hydrogen-bond donors (Lipinski definition) is 1. The van der Waals surface area contributed by atoms with Gasteiger partial charge in [0.25, 0.3) is 0 Å². The van der Waals surface area contributed by atoms with Crippen LogP contribution in [0.1, 0.15) is 72.3 Å². The largest absolute Gasteiger partial charge is 0.311 e. The molecule has 1 heteroatoms. The van der Waals surface area contributed by atoms with E-state index in [2.05, 4.69) is 70.3 Å². The van der Waals surface area contributed by atoms with E-state index in [1.54, 1.807) is 0 Å². The molecule has 0 radical (unpaired) electrons. The molecule has 0 heterocycles. The van der Waals surface area contributed by atoms with E-state index in [0.717, 1.165) is 6.54 Å². The predicted molar refractivity (Wildman–Crippen MR) is 90.3 cm³/mol. The quantitative estimate of drug-likeness (QED) is 0.635. The van der Waals surface area contributed by atoms with Gasteiger partial charge in [0.05, 0.1) is 0 Å². The molecule has 0 saturated carbocycles. The second kappa shape index (κ2) is 7.83. The molecule has 1 unspecified atom stereocenters. The zero-order valence-corrected chi connectivity index (χ0v) is 14.1. The van der Waals surface area contributed by atoms with E-state index in [9.17, 15) is 0 Å². The van der Waals surface area contributed by atoms with Gasteiger partial charge in [0.15, 0.2) is 0 Å². The van der Waals surface area contributed by atoms with Crippen molar-refractivity contribution in [3.05, 3.63) is 35.9 Å². The summed E-state index contributed by atoms with van der Waals surface area (Å²) >= 11 is 0. The van der Waals surface area contributed by atoms with Crippen molar-refractivity contribution in [3.8, 4) is 0 Å². The van der Waals surface area contributed by atoms with Gasteiger partial charge < -0.3 is 5.32 Å². The van der Waals surface area contributed by atoms with Gasteiger partial charge in [-0.05, 0) is 39.2 Å². The Kier molecular flexibility index (Phi) is 6.75. The fourth-order valence-corrected chi connectivity index (χ4v) is 2.78. The second-order valence-corrected chi connectivity index (χ2v) is 7.06. The molecule has 0 spiro atoms. The third-order valence-corrected chi connectivity index (χ3v) is 4.28. The maximum Gasteiger partial charge on any atom is 0.00968 e. The Morgan fingerprint density at radius 2 is 1.60 bits per heavy atom. The van der Waals surface area contributed by atoms with Gasteiger partial charge >= 0.3 is 0 Å². The fourth-order valence-electron chi connectivity index (χ4n) is 2.78. The molecule has 1 aromatic rings. The highest BCUT2D eigenvalue weighted by molar-refractivity contribution is 5.26. The Morgan fingerprint density at radius 1 is 0.950 bits per heavy atom. The van der Waals surface area contributed by atoms with Crippen LogP contribution in [0.15, 0.2) is 30.3 Å². The predicted octanol–water partition coefficient (Wildman–Crippen LogP) is 5.30. The highest BCUT2D eigenvalue weighted by atomic mass is 15.0. The van der Waals surface area contributed by atoms with E-state index in [-0.39, 0.29) is 11.0 Å². The molecule has 20 heavy (non-hydrogen) atoms. The van der Waals surface area contributed by atoms with Crippen LogP contribution >= 0.6 is 0 Å². The summed E-state index contributed by atoms with van der Waals surface area (Å²) in [6.45, 7) is 12.5. The molecule has 0 bridgehead atoms. The lowest BCUT2D eigenvalue weighted by atomic mass is 9.73. The lowest BCUT2D eigenvalue weighted by molar-refractivity contribution is 0.297. The molecule has 0 aliphatic heterocycles. The van der Waals surface area contributed by atoms with E-state index < -0.39 is 0 Å². The summed E-state index contributed by atoms with van der Waals surface area (Å²) in [5.74, 6) is 0. The number of unbranched alkanes of at least 4 members (excludes halogenated alkanes) is 2. The number of nitrogens with one attached hydrogen (secondary N) is 1. The van der Waals surface area contributed by atoms with Crippen LogP contribution in [-0.4, -0.2) is 12.1 Å². The van der Waals surface area contributed by atoms with Crippen LogP contribution in [0.3, 0.4) is 0 Å². The average molecular weight is 275 g/mol. The molecule has 1 rings (SSSR count). The zero-order chi connectivity index (χ0) is 15.1. The molecule has 1 aromatic carbocycles. The van der Waals surface area contributed by atoms with Crippen LogP contribution in [0.2, 0.25) is 0 Å². The molecule has 1 atom stereocenters. The molecule has 0 fully saturated rings. The lowest BCUT2D eigenvalue weighted by Crippen LogP contribution is -2.46. The standard InChI is InChI=1S/C19H33N/c1-6-8-12-15-19(7-2,16-20-18(3,4)5)17-13-10-9-11-14-17/h9-11,13-14,20H,6-8,12,15-16H2,1-5H3. The van der Waals surface area contributed by atoms with Crippen molar-refractivity contribution in [1.29, 1.82) is 0 Å². The van der Waals surface area contributed by atoms with E-state index in [4.69, 9.17) is 0 Å². The number of hydrogen-bond acceptors (Lipinski definition) is 1. The molecule has 0 aromatic heterocycles. The minimum absolute atomic E-state index is 0.181. The summed E-state index contributed by atoms with van der Waals surface area (Å²) in [5.41, 5.74) is 1.96. The van der Waals surface area contributed by atoms with Gasteiger partial charge in [-0.3, -0.25) is 0 Å². The summed E-state index contributed by atoms with van der Waals surface area (Å²) < 4.78 is 0. The van der Waals surface area contributed by atoms with E-state index in [0.29, 0.717) is 0 Å². The topological polar surface area (TPSA) is 12.0 Å². The minimum atomic E-state index is 0.181. The summed E-state index contributed by atoms with van der Waals surface area (Å²) in [5, 5.41) is 3.74. The van der Waals surface area contributed by atoms with Crippen molar-refractivity contribution in [2.45, 2.75) is 77.7 Å². The maximum atomic E-state index is 3.74.